The van der Waals surface area contributed by atoms with E-state index in [1.807, 2.05) is 25.2 Å². The molecule has 0 spiro atoms. The number of allylic oxidation sites excluding steroid dienone is 2. The van der Waals surface area contributed by atoms with Crippen molar-refractivity contribution in [3.05, 3.63) is 36.0 Å². The highest BCUT2D eigenvalue weighted by molar-refractivity contribution is 5.97. The second kappa shape index (κ2) is 14.1. The number of carbonyl (C=O) groups excluding carboxylic acids is 4. The van der Waals surface area contributed by atoms with Crippen LogP contribution in [0.25, 0.3) is 0 Å². The summed E-state index contributed by atoms with van der Waals surface area (Å²) in [5, 5.41) is 13.1. The van der Waals surface area contributed by atoms with Gasteiger partial charge in [0.05, 0.1) is 12.0 Å². The third-order valence-electron chi connectivity index (χ3n) is 6.67. The highest BCUT2D eigenvalue weighted by Gasteiger charge is 2.31. The van der Waals surface area contributed by atoms with Gasteiger partial charge >= 0.3 is 5.97 Å². The first-order valence-corrected chi connectivity index (χ1v) is 12.4. The van der Waals surface area contributed by atoms with E-state index in [9.17, 15) is 24.3 Å². The van der Waals surface area contributed by atoms with Gasteiger partial charge in [0.2, 0.25) is 11.8 Å². The number of aliphatic hydroxyl groups excluding tert-OH is 1. The number of imide groups is 1. The number of carbonyl (C=O) groups is 4. The van der Waals surface area contributed by atoms with Gasteiger partial charge in [0, 0.05) is 38.4 Å². The molecule has 0 saturated carbocycles. The molecule has 0 radical (unpaired) electrons. The van der Waals surface area contributed by atoms with Crippen LogP contribution in [0.15, 0.2) is 36.0 Å². The van der Waals surface area contributed by atoms with E-state index in [0.717, 1.165) is 0 Å². The maximum Gasteiger partial charge on any atom is 0.331 e. The molecule has 2 aliphatic heterocycles. The van der Waals surface area contributed by atoms with E-state index in [1.54, 1.807) is 27.0 Å². The second-order valence-corrected chi connectivity index (χ2v) is 9.62. The van der Waals surface area contributed by atoms with Gasteiger partial charge in [-0.15, -0.1) is 0 Å². The van der Waals surface area contributed by atoms with E-state index < -0.39 is 30.2 Å². The molecule has 8 nitrogen and oxygen atoms in total. The van der Waals surface area contributed by atoms with Gasteiger partial charge in [-0.25, -0.2) is 4.79 Å². The Morgan fingerprint density at radius 1 is 1.20 bits per heavy atom. The van der Waals surface area contributed by atoms with E-state index in [4.69, 9.17) is 9.47 Å². The van der Waals surface area contributed by atoms with Gasteiger partial charge in [-0.3, -0.25) is 19.7 Å². The number of nitrogens with one attached hydrogen (secondary N) is 1. The standard InChI is InChI=1S/C27H39NO7/c1-17-14-18(2)27(35-25(32)13-8-6-5-7-12-22(34-4)26(17)33)19(3)21(29)11-9-10-20-15-23(30)28-24(31)16-20/h7-8,12-14,17,19-20,22,26-27,33H,5-6,9-11,15-16H2,1-4H3,(H,28,30,31)/b12-7-,13-8+,18-14+. The third kappa shape index (κ3) is 9.18. The fraction of sp³-hybridized carbons (Fsp3) is 0.630. The Bertz CT molecular complexity index is 844. The molecule has 194 valence electrons. The van der Waals surface area contributed by atoms with Gasteiger partial charge in [0.15, 0.2) is 0 Å². The van der Waals surface area contributed by atoms with E-state index in [2.05, 4.69) is 5.32 Å². The summed E-state index contributed by atoms with van der Waals surface area (Å²) in [5.41, 5.74) is 0.685. The van der Waals surface area contributed by atoms with E-state index in [-0.39, 0.29) is 35.9 Å². The Morgan fingerprint density at radius 3 is 2.51 bits per heavy atom. The van der Waals surface area contributed by atoms with E-state index in [0.29, 0.717) is 44.1 Å². The zero-order valence-corrected chi connectivity index (χ0v) is 21.2. The summed E-state index contributed by atoms with van der Waals surface area (Å²) in [6.45, 7) is 5.39. The van der Waals surface area contributed by atoms with Crippen molar-refractivity contribution in [3.63, 3.8) is 0 Å². The fourth-order valence-electron chi connectivity index (χ4n) is 4.61. The van der Waals surface area contributed by atoms with Crippen LogP contribution in [0.5, 0.6) is 0 Å². The van der Waals surface area contributed by atoms with Crippen LogP contribution in [0, 0.1) is 17.8 Å². The number of hydrogen-bond donors (Lipinski definition) is 2. The minimum atomic E-state index is -0.803. The lowest BCUT2D eigenvalue weighted by molar-refractivity contribution is -0.145. The molecule has 2 amide bonds. The molecule has 0 aliphatic carbocycles. The summed E-state index contributed by atoms with van der Waals surface area (Å²) < 4.78 is 11.1. The molecule has 0 aromatic carbocycles. The van der Waals surface area contributed by atoms with E-state index >= 15 is 0 Å². The maximum absolute atomic E-state index is 13.0. The van der Waals surface area contributed by atoms with Gasteiger partial charge in [0.1, 0.15) is 18.0 Å². The molecule has 2 heterocycles. The SMILES string of the molecule is COC1/C=C\CC/C=C/C(=O)OC(C(C)C(=O)CCCC2CC(=O)NC(=O)C2)/C(C)=C/C(C)C1O. The first kappa shape index (κ1) is 28.7. The lowest BCUT2D eigenvalue weighted by Crippen LogP contribution is -2.38. The number of hydrogen-bond acceptors (Lipinski definition) is 7. The Labute approximate surface area is 207 Å². The van der Waals surface area contributed by atoms with Gasteiger partial charge in [0.25, 0.3) is 0 Å². The summed E-state index contributed by atoms with van der Waals surface area (Å²) in [4.78, 5) is 48.6. The van der Waals surface area contributed by atoms with Crippen molar-refractivity contribution in [2.75, 3.05) is 7.11 Å². The summed E-state index contributed by atoms with van der Waals surface area (Å²) >= 11 is 0. The van der Waals surface area contributed by atoms with Crippen molar-refractivity contribution >= 4 is 23.6 Å². The Morgan fingerprint density at radius 2 is 1.86 bits per heavy atom. The predicted octanol–water partition coefficient (Wildman–Crippen LogP) is 3.19. The Balaban J connectivity index is 2.11. The van der Waals surface area contributed by atoms with Crippen molar-refractivity contribution < 1.29 is 33.8 Å². The predicted molar refractivity (Wildman–Crippen MR) is 131 cm³/mol. The number of Topliss-reactive ketones (excluding diaryl/α,β-unsaturated/α-hetero) is 1. The lowest BCUT2D eigenvalue weighted by atomic mass is 9.86. The number of rotatable bonds is 7. The summed E-state index contributed by atoms with van der Waals surface area (Å²) in [5.74, 6) is -2.06. The molecular weight excluding hydrogens is 450 g/mol. The van der Waals surface area contributed by atoms with Crippen LogP contribution in [0.1, 0.15) is 65.7 Å². The van der Waals surface area contributed by atoms with Crippen LogP contribution in [-0.4, -0.2) is 54.1 Å². The monoisotopic (exact) mass is 489 g/mol. The number of amides is 2. The number of ketones is 1. The number of esters is 1. The summed E-state index contributed by atoms with van der Waals surface area (Å²) in [6, 6.07) is 0. The Hall–Kier alpha value is -2.58. The van der Waals surface area contributed by atoms with Gasteiger partial charge in [-0.1, -0.05) is 38.2 Å². The molecule has 0 aromatic heterocycles. The zero-order valence-electron chi connectivity index (χ0n) is 21.2. The molecule has 0 aromatic rings. The second-order valence-electron chi connectivity index (χ2n) is 9.62. The van der Waals surface area contributed by atoms with Crippen molar-refractivity contribution in [2.24, 2.45) is 17.8 Å². The van der Waals surface area contributed by atoms with Gasteiger partial charge in [-0.05, 0) is 44.1 Å². The molecule has 2 rings (SSSR count). The highest BCUT2D eigenvalue weighted by atomic mass is 16.5. The fourth-order valence-corrected chi connectivity index (χ4v) is 4.61. The summed E-state index contributed by atoms with van der Waals surface area (Å²) in [6.07, 6.45) is 9.96. The van der Waals surface area contributed by atoms with Crippen molar-refractivity contribution in [1.82, 2.24) is 5.32 Å². The van der Waals surface area contributed by atoms with Crippen molar-refractivity contribution in [3.8, 4) is 0 Å². The summed E-state index contributed by atoms with van der Waals surface area (Å²) in [7, 11) is 1.55. The molecule has 2 aliphatic rings. The van der Waals surface area contributed by atoms with Crippen molar-refractivity contribution in [2.45, 2.75) is 84.0 Å². The van der Waals surface area contributed by atoms with Gasteiger partial charge < -0.3 is 14.6 Å². The van der Waals surface area contributed by atoms with Crippen LogP contribution in [0.4, 0.5) is 0 Å². The van der Waals surface area contributed by atoms with Crippen LogP contribution in [-0.2, 0) is 28.7 Å². The number of piperidine rings is 1. The largest absolute Gasteiger partial charge is 0.454 e. The molecule has 0 bridgehead atoms. The smallest absolute Gasteiger partial charge is 0.331 e. The minimum Gasteiger partial charge on any atom is -0.454 e. The van der Waals surface area contributed by atoms with Crippen LogP contribution in [0.2, 0.25) is 0 Å². The van der Waals surface area contributed by atoms with Crippen LogP contribution < -0.4 is 5.32 Å². The van der Waals surface area contributed by atoms with Crippen molar-refractivity contribution in [1.29, 1.82) is 0 Å². The number of methoxy groups -OCH3 is 1. The normalized spacial score (nSPS) is 31.3. The molecule has 1 saturated heterocycles. The molecule has 5 unspecified atom stereocenters. The van der Waals surface area contributed by atoms with Crippen LogP contribution in [0.3, 0.4) is 0 Å². The quantitative estimate of drug-likeness (QED) is 0.320. The maximum atomic E-state index is 13.0. The zero-order chi connectivity index (χ0) is 26.0. The van der Waals surface area contributed by atoms with Gasteiger partial charge in [-0.2, -0.15) is 0 Å². The topological polar surface area (TPSA) is 119 Å². The molecule has 2 N–H and O–H groups in total. The van der Waals surface area contributed by atoms with E-state index in [1.165, 1.54) is 6.08 Å². The average molecular weight is 490 g/mol. The first-order valence-electron chi connectivity index (χ1n) is 12.4. The number of aliphatic hydroxyl groups is 1. The minimum absolute atomic E-state index is 0.0524. The molecule has 8 heteroatoms. The third-order valence-corrected chi connectivity index (χ3v) is 6.67. The molecule has 5 atom stereocenters. The number of cyclic esters (lactones) is 1. The lowest BCUT2D eigenvalue weighted by Gasteiger charge is -2.27. The number of ether oxygens (including phenoxy) is 2. The average Bonchev–Trinajstić information content (AvgIpc) is 2.79. The first-order chi connectivity index (χ1) is 16.6. The molecular formula is C27H39NO7. The molecule has 1 fully saturated rings. The Kier molecular flexibility index (Phi) is 11.5. The highest BCUT2D eigenvalue weighted by Crippen LogP contribution is 2.25. The van der Waals surface area contributed by atoms with Crippen LogP contribution >= 0.6 is 0 Å². The molecule has 35 heavy (non-hydrogen) atoms.